The number of piperidine rings is 1. The standard InChI is InChI=1S/C34H50N2O4/c1-23-28(26-13-15-27(16-14-26)39-22-17-25-11-9-8-10-12-25)30(36-20-18-34(6,7)19-21-36)29(24(2)35-23)31(32(37)38)40-33(3,4)5/h13-16,25,31H,8-12,17-22H2,1-7H3,(H,37,38)/t31-/m0/s1. The van der Waals surface area contributed by atoms with Gasteiger partial charge in [-0.3, -0.25) is 4.98 Å². The Balaban J connectivity index is 1.70. The molecule has 6 heteroatoms. The van der Waals surface area contributed by atoms with Crippen molar-refractivity contribution >= 4 is 11.7 Å². The molecule has 2 aliphatic rings. The highest BCUT2D eigenvalue weighted by Crippen LogP contribution is 2.45. The minimum Gasteiger partial charge on any atom is -0.494 e. The van der Waals surface area contributed by atoms with Crippen molar-refractivity contribution in [3.05, 3.63) is 41.2 Å². The Morgan fingerprint density at radius 2 is 1.68 bits per heavy atom. The maximum Gasteiger partial charge on any atom is 0.337 e. The summed E-state index contributed by atoms with van der Waals surface area (Å²) in [5.41, 5.74) is 4.85. The van der Waals surface area contributed by atoms with Gasteiger partial charge in [-0.05, 0) is 82.9 Å². The van der Waals surface area contributed by atoms with Crippen LogP contribution >= 0.6 is 0 Å². The van der Waals surface area contributed by atoms with Crippen molar-refractivity contribution in [2.45, 2.75) is 112 Å². The predicted octanol–water partition coefficient (Wildman–Crippen LogP) is 8.28. The molecule has 0 radical (unpaired) electrons. The van der Waals surface area contributed by atoms with Crippen molar-refractivity contribution in [2.24, 2.45) is 11.3 Å². The summed E-state index contributed by atoms with van der Waals surface area (Å²) in [6, 6.07) is 8.27. The second-order valence-corrected chi connectivity index (χ2v) is 13.7. The number of aryl methyl sites for hydroxylation is 2. The summed E-state index contributed by atoms with van der Waals surface area (Å²) in [5, 5.41) is 10.4. The summed E-state index contributed by atoms with van der Waals surface area (Å²) < 4.78 is 12.3. The summed E-state index contributed by atoms with van der Waals surface area (Å²) in [4.78, 5) is 19.9. The van der Waals surface area contributed by atoms with Crippen molar-refractivity contribution in [1.82, 2.24) is 4.98 Å². The lowest BCUT2D eigenvalue weighted by atomic mass is 9.82. The van der Waals surface area contributed by atoms with Gasteiger partial charge in [-0.25, -0.2) is 4.79 Å². The number of carboxylic acids is 1. The molecule has 40 heavy (non-hydrogen) atoms. The summed E-state index contributed by atoms with van der Waals surface area (Å²) in [5.74, 6) is 0.676. The van der Waals surface area contributed by atoms with E-state index in [-0.39, 0.29) is 5.41 Å². The van der Waals surface area contributed by atoms with Crippen LogP contribution in [0.3, 0.4) is 0 Å². The minimum absolute atomic E-state index is 0.263. The molecule has 2 heterocycles. The van der Waals surface area contributed by atoms with E-state index in [4.69, 9.17) is 14.5 Å². The smallest absolute Gasteiger partial charge is 0.337 e. The van der Waals surface area contributed by atoms with Crippen LogP contribution in [0.4, 0.5) is 5.69 Å². The molecule has 0 bridgehead atoms. The molecule has 1 aromatic heterocycles. The fourth-order valence-corrected chi connectivity index (χ4v) is 6.29. The Morgan fingerprint density at radius 1 is 1.05 bits per heavy atom. The molecule has 0 unspecified atom stereocenters. The summed E-state index contributed by atoms with van der Waals surface area (Å²) in [6.07, 6.45) is 8.83. The number of rotatable bonds is 9. The third kappa shape index (κ3) is 7.57. The van der Waals surface area contributed by atoms with Gasteiger partial charge in [-0.2, -0.15) is 0 Å². The van der Waals surface area contributed by atoms with Crippen LogP contribution in [0.5, 0.6) is 5.75 Å². The summed E-state index contributed by atoms with van der Waals surface area (Å²) in [7, 11) is 0. The van der Waals surface area contributed by atoms with Crippen molar-refractivity contribution < 1.29 is 19.4 Å². The number of hydrogen-bond acceptors (Lipinski definition) is 5. The first-order chi connectivity index (χ1) is 18.8. The van der Waals surface area contributed by atoms with Crippen molar-refractivity contribution in [1.29, 1.82) is 0 Å². The number of hydrogen-bond donors (Lipinski definition) is 1. The number of aromatic nitrogens is 1. The number of anilines is 1. The lowest BCUT2D eigenvalue weighted by Crippen LogP contribution is -2.39. The van der Waals surface area contributed by atoms with E-state index >= 15 is 0 Å². The van der Waals surface area contributed by atoms with E-state index in [0.29, 0.717) is 11.3 Å². The van der Waals surface area contributed by atoms with E-state index in [2.05, 4.69) is 30.9 Å². The first-order valence-corrected chi connectivity index (χ1v) is 15.2. The van der Waals surface area contributed by atoms with E-state index in [1.165, 1.54) is 32.1 Å². The molecule has 1 aliphatic heterocycles. The highest BCUT2D eigenvalue weighted by molar-refractivity contribution is 5.88. The van der Waals surface area contributed by atoms with Gasteiger partial charge in [0.25, 0.3) is 0 Å². The molecule has 1 atom stereocenters. The average molecular weight is 551 g/mol. The van der Waals surface area contributed by atoms with E-state index in [9.17, 15) is 9.90 Å². The number of benzene rings is 1. The summed E-state index contributed by atoms with van der Waals surface area (Å²) >= 11 is 0. The predicted molar refractivity (Wildman–Crippen MR) is 162 cm³/mol. The number of carboxylic acid groups (broad SMARTS) is 1. The molecule has 1 aromatic carbocycles. The van der Waals surface area contributed by atoms with Gasteiger partial charge in [-0.1, -0.05) is 58.1 Å². The first kappa shape index (κ1) is 30.4. The van der Waals surface area contributed by atoms with Gasteiger partial charge in [0.1, 0.15) is 5.75 Å². The quantitative estimate of drug-likeness (QED) is 0.339. The van der Waals surface area contributed by atoms with E-state index < -0.39 is 17.7 Å². The van der Waals surface area contributed by atoms with Crippen LogP contribution in [0.1, 0.15) is 109 Å². The molecule has 4 rings (SSSR count). The Hall–Kier alpha value is -2.60. The molecule has 220 valence electrons. The van der Waals surface area contributed by atoms with E-state index in [1.54, 1.807) is 0 Å². The van der Waals surface area contributed by atoms with Crippen LogP contribution in [0.25, 0.3) is 11.1 Å². The zero-order chi connectivity index (χ0) is 29.1. The molecule has 6 nitrogen and oxygen atoms in total. The Bertz CT molecular complexity index is 1150. The fourth-order valence-electron chi connectivity index (χ4n) is 6.29. The Morgan fingerprint density at radius 3 is 2.25 bits per heavy atom. The second-order valence-electron chi connectivity index (χ2n) is 13.7. The SMILES string of the molecule is Cc1nc(C)c([C@H](OC(C)(C)C)C(=O)O)c(N2CCC(C)(C)CC2)c1-c1ccc(OCCC2CCCCC2)cc1. The molecule has 0 spiro atoms. The number of ether oxygens (including phenoxy) is 2. The van der Waals surface area contributed by atoms with Crippen LogP contribution in [0, 0.1) is 25.2 Å². The number of nitrogens with zero attached hydrogens (tertiary/aromatic N) is 2. The Kier molecular flexibility index (Phi) is 9.49. The third-order valence-electron chi connectivity index (χ3n) is 8.63. The van der Waals surface area contributed by atoms with Crippen molar-refractivity contribution in [2.75, 3.05) is 24.6 Å². The molecule has 2 aromatic rings. The molecule has 1 saturated carbocycles. The van der Waals surface area contributed by atoms with Crippen LogP contribution in [-0.4, -0.2) is 41.4 Å². The fraction of sp³-hybridized carbons (Fsp3) is 0.647. The van der Waals surface area contributed by atoms with Crippen LogP contribution in [0.15, 0.2) is 24.3 Å². The van der Waals surface area contributed by atoms with Crippen molar-refractivity contribution in [3.63, 3.8) is 0 Å². The highest BCUT2D eigenvalue weighted by atomic mass is 16.5. The lowest BCUT2D eigenvalue weighted by molar-refractivity contribution is -0.160. The van der Waals surface area contributed by atoms with Gasteiger partial charge in [0.2, 0.25) is 0 Å². The van der Waals surface area contributed by atoms with Crippen LogP contribution < -0.4 is 9.64 Å². The molecular formula is C34H50N2O4. The summed E-state index contributed by atoms with van der Waals surface area (Å²) in [6.45, 7) is 16.7. The first-order valence-electron chi connectivity index (χ1n) is 15.2. The number of pyridine rings is 1. The van der Waals surface area contributed by atoms with Crippen LogP contribution in [0.2, 0.25) is 0 Å². The maximum atomic E-state index is 12.7. The van der Waals surface area contributed by atoms with Gasteiger partial charge in [0.05, 0.1) is 17.9 Å². The normalized spacial score (nSPS) is 18.9. The maximum absolute atomic E-state index is 12.7. The average Bonchev–Trinajstić information content (AvgIpc) is 2.88. The zero-order valence-corrected chi connectivity index (χ0v) is 25.8. The molecule has 1 N–H and O–H groups in total. The van der Waals surface area contributed by atoms with Gasteiger partial charge in [0, 0.05) is 35.6 Å². The molecule has 0 amide bonds. The Labute approximate surface area is 241 Å². The monoisotopic (exact) mass is 550 g/mol. The number of carbonyl (C=O) groups is 1. The van der Waals surface area contributed by atoms with Gasteiger partial charge < -0.3 is 19.5 Å². The highest BCUT2D eigenvalue weighted by Gasteiger charge is 2.36. The van der Waals surface area contributed by atoms with Crippen molar-refractivity contribution in [3.8, 4) is 16.9 Å². The third-order valence-corrected chi connectivity index (χ3v) is 8.63. The molecule has 1 saturated heterocycles. The second kappa shape index (κ2) is 12.5. The molecule has 1 aliphatic carbocycles. The van der Waals surface area contributed by atoms with Gasteiger partial charge in [-0.15, -0.1) is 0 Å². The van der Waals surface area contributed by atoms with Gasteiger partial charge in [0.15, 0.2) is 6.10 Å². The lowest BCUT2D eigenvalue weighted by Gasteiger charge is -2.41. The largest absolute Gasteiger partial charge is 0.494 e. The van der Waals surface area contributed by atoms with E-state index in [1.807, 2.05) is 46.8 Å². The minimum atomic E-state index is -1.11. The number of aliphatic carboxylic acids is 1. The topological polar surface area (TPSA) is 71.9 Å². The molecule has 2 fully saturated rings. The molecular weight excluding hydrogens is 500 g/mol. The zero-order valence-electron chi connectivity index (χ0n) is 25.8. The van der Waals surface area contributed by atoms with Gasteiger partial charge >= 0.3 is 5.97 Å². The van der Waals surface area contributed by atoms with Crippen LogP contribution in [-0.2, 0) is 9.53 Å². The van der Waals surface area contributed by atoms with E-state index in [0.717, 1.165) is 73.1 Å².